The van der Waals surface area contributed by atoms with Gasteiger partial charge < -0.3 is 20.5 Å². The minimum atomic E-state index is -0.599. The molecule has 27 heavy (non-hydrogen) atoms. The Hall–Kier alpha value is -2.79. The van der Waals surface area contributed by atoms with Crippen LogP contribution in [0.15, 0.2) is 66.2 Å². The molecule has 0 amide bonds. The summed E-state index contributed by atoms with van der Waals surface area (Å²) in [6.45, 7) is 9.77. The number of guanidine groups is 1. The monoisotopic (exact) mass is 367 g/mol. The fraction of sp³-hybridized carbons (Fsp3) is 0.318. The van der Waals surface area contributed by atoms with Crippen LogP contribution in [0.25, 0.3) is 0 Å². The van der Waals surface area contributed by atoms with E-state index in [1.54, 1.807) is 6.08 Å². The Morgan fingerprint density at radius 2 is 1.93 bits per heavy atom. The van der Waals surface area contributed by atoms with E-state index in [1.165, 1.54) is 5.56 Å². The van der Waals surface area contributed by atoms with Gasteiger partial charge in [0.25, 0.3) is 0 Å². The number of hydrogen-bond acceptors (Lipinski definition) is 3. The van der Waals surface area contributed by atoms with Gasteiger partial charge in [-0.15, -0.1) is 0 Å². The summed E-state index contributed by atoms with van der Waals surface area (Å²) in [7, 11) is 0. The van der Waals surface area contributed by atoms with Crippen molar-refractivity contribution in [3.05, 3.63) is 77.9 Å². The summed E-state index contributed by atoms with van der Waals surface area (Å²) < 4.78 is 5.68. The number of aliphatic imine (C=N–C) groups is 1. The number of nitrogens with one attached hydrogen (secondary N) is 2. The molecule has 144 valence electrons. The third kappa shape index (κ3) is 6.79. The number of aliphatic hydroxyl groups excluding tert-OH is 1. The van der Waals surface area contributed by atoms with Crippen LogP contribution in [0.2, 0.25) is 0 Å². The van der Waals surface area contributed by atoms with Crippen LogP contribution >= 0.6 is 0 Å². The molecule has 0 bridgehead atoms. The summed E-state index contributed by atoms with van der Waals surface area (Å²) in [4.78, 5) is 4.61. The Balaban J connectivity index is 1.99. The molecular formula is C22H29N3O2. The maximum absolute atomic E-state index is 10.4. The zero-order valence-corrected chi connectivity index (χ0v) is 16.1. The molecule has 0 radical (unpaired) electrons. The zero-order valence-electron chi connectivity index (χ0n) is 16.1. The summed E-state index contributed by atoms with van der Waals surface area (Å²) in [5.74, 6) is 1.46. The van der Waals surface area contributed by atoms with Gasteiger partial charge in [-0.3, -0.25) is 0 Å². The predicted octanol–water partition coefficient (Wildman–Crippen LogP) is 3.35. The van der Waals surface area contributed by atoms with Crippen LogP contribution in [0, 0.1) is 6.92 Å². The highest BCUT2D eigenvalue weighted by Crippen LogP contribution is 2.19. The van der Waals surface area contributed by atoms with Crippen LogP contribution in [0.5, 0.6) is 5.75 Å². The van der Waals surface area contributed by atoms with E-state index in [2.05, 4.69) is 22.2 Å². The summed E-state index contributed by atoms with van der Waals surface area (Å²) in [6, 6.07) is 15.7. The Labute approximate surface area is 161 Å². The van der Waals surface area contributed by atoms with Crippen LogP contribution in [-0.4, -0.2) is 30.8 Å². The summed E-state index contributed by atoms with van der Waals surface area (Å²) >= 11 is 0. The maximum Gasteiger partial charge on any atom is 0.191 e. The van der Waals surface area contributed by atoms with Gasteiger partial charge in [0.2, 0.25) is 0 Å². The van der Waals surface area contributed by atoms with Gasteiger partial charge in [0.05, 0.1) is 12.6 Å². The minimum Gasteiger partial charge on any atom is -0.489 e. The van der Waals surface area contributed by atoms with Crippen molar-refractivity contribution >= 4 is 5.96 Å². The molecule has 0 aliphatic rings. The normalized spacial score (nSPS) is 12.3. The third-order valence-corrected chi connectivity index (χ3v) is 4.01. The quantitative estimate of drug-likeness (QED) is 0.361. The van der Waals surface area contributed by atoms with Crippen LogP contribution < -0.4 is 15.4 Å². The molecule has 5 heteroatoms. The number of aryl methyl sites for hydroxylation is 1. The largest absolute Gasteiger partial charge is 0.489 e. The van der Waals surface area contributed by atoms with Crippen molar-refractivity contribution in [3.63, 3.8) is 0 Å². The highest BCUT2D eigenvalue weighted by molar-refractivity contribution is 5.79. The van der Waals surface area contributed by atoms with Gasteiger partial charge in [0.1, 0.15) is 12.4 Å². The SMILES string of the molecule is C=CCOc1ccccc1CN=C(NCC)NCC(O)c1ccc(C)cc1. The number of nitrogens with zero attached hydrogens (tertiary/aromatic N) is 1. The van der Waals surface area contributed by atoms with E-state index in [-0.39, 0.29) is 0 Å². The number of aliphatic hydroxyl groups is 1. The van der Waals surface area contributed by atoms with E-state index in [0.717, 1.165) is 23.4 Å². The number of hydrogen-bond donors (Lipinski definition) is 3. The average Bonchev–Trinajstić information content (AvgIpc) is 2.69. The molecule has 1 atom stereocenters. The van der Waals surface area contributed by atoms with E-state index in [1.807, 2.05) is 62.4 Å². The molecular weight excluding hydrogens is 338 g/mol. The molecule has 0 heterocycles. The Morgan fingerprint density at radius 3 is 2.63 bits per heavy atom. The molecule has 0 aromatic heterocycles. The van der Waals surface area contributed by atoms with Crippen LogP contribution in [0.4, 0.5) is 0 Å². The van der Waals surface area contributed by atoms with Crippen molar-refractivity contribution < 1.29 is 9.84 Å². The Kier molecular flexibility index (Phi) is 8.39. The average molecular weight is 367 g/mol. The lowest BCUT2D eigenvalue weighted by Gasteiger charge is -2.16. The van der Waals surface area contributed by atoms with E-state index in [4.69, 9.17) is 4.74 Å². The van der Waals surface area contributed by atoms with Crippen molar-refractivity contribution in [2.24, 2.45) is 4.99 Å². The van der Waals surface area contributed by atoms with E-state index in [9.17, 15) is 5.11 Å². The lowest BCUT2D eigenvalue weighted by molar-refractivity contribution is 0.181. The van der Waals surface area contributed by atoms with Gasteiger partial charge in [0.15, 0.2) is 5.96 Å². The third-order valence-electron chi connectivity index (χ3n) is 4.01. The van der Waals surface area contributed by atoms with E-state index < -0.39 is 6.10 Å². The van der Waals surface area contributed by atoms with Gasteiger partial charge in [-0.25, -0.2) is 4.99 Å². The lowest BCUT2D eigenvalue weighted by atomic mass is 10.1. The molecule has 2 aromatic carbocycles. The molecule has 0 saturated carbocycles. The van der Waals surface area contributed by atoms with Gasteiger partial charge in [-0.2, -0.15) is 0 Å². The molecule has 3 N–H and O–H groups in total. The van der Waals surface area contributed by atoms with Crippen LogP contribution in [-0.2, 0) is 6.54 Å². The smallest absolute Gasteiger partial charge is 0.191 e. The van der Waals surface area contributed by atoms with E-state index >= 15 is 0 Å². The highest BCUT2D eigenvalue weighted by atomic mass is 16.5. The minimum absolute atomic E-state index is 0.378. The number of ether oxygens (including phenoxy) is 1. The van der Waals surface area contributed by atoms with Crippen molar-refractivity contribution in [3.8, 4) is 5.75 Å². The molecule has 0 saturated heterocycles. The summed E-state index contributed by atoms with van der Waals surface area (Å²) in [6.07, 6.45) is 1.12. The summed E-state index contributed by atoms with van der Waals surface area (Å²) in [5, 5.41) is 16.8. The first kappa shape index (κ1) is 20.5. The van der Waals surface area contributed by atoms with Gasteiger partial charge >= 0.3 is 0 Å². The molecule has 0 aliphatic heterocycles. The van der Waals surface area contributed by atoms with Crippen molar-refractivity contribution in [2.75, 3.05) is 19.7 Å². The van der Waals surface area contributed by atoms with E-state index in [0.29, 0.717) is 25.7 Å². The van der Waals surface area contributed by atoms with Crippen molar-refractivity contribution in [1.82, 2.24) is 10.6 Å². The summed E-state index contributed by atoms with van der Waals surface area (Å²) in [5.41, 5.74) is 3.05. The Morgan fingerprint density at radius 1 is 1.19 bits per heavy atom. The maximum atomic E-state index is 10.4. The van der Waals surface area contributed by atoms with Gasteiger partial charge in [0, 0.05) is 18.7 Å². The lowest BCUT2D eigenvalue weighted by Crippen LogP contribution is -2.39. The van der Waals surface area contributed by atoms with Gasteiger partial charge in [-0.1, -0.05) is 60.7 Å². The fourth-order valence-corrected chi connectivity index (χ4v) is 2.53. The number of benzene rings is 2. The topological polar surface area (TPSA) is 65.9 Å². The first-order valence-electron chi connectivity index (χ1n) is 9.22. The molecule has 5 nitrogen and oxygen atoms in total. The molecule has 0 aliphatic carbocycles. The zero-order chi connectivity index (χ0) is 19.5. The Bertz CT molecular complexity index is 741. The number of rotatable bonds is 9. The number of para-hydroxylation sites is 1. The van der Waals surface area contributed by atoms with Crippen LogP contribution in [0.3, 0.4) is 0 Å². The second-order valence-corrected chi connectivity index (χ2v) is 6.21. The van der Waals surface area contributed by atoms with Crippen molar-refractivity contribution in [2.45, 2.75) is 26.5 Å². The van der Waals surface area contributed by atoms with Crippen molar-refractivity contribution in [1.29, 1.82) is 0 Å². The standard InChI is InChI=1S/C22H29N3O2/c1-4-14-27-21-9-7-6-8-19(21)15-24-22(23-5-2)25-16-20(26)18-12-10-17(3)11-13-18/h4,6-13,20,26H,1,5,14-16H2,2-3H3,(H2,23,24,25). The second kappa shape index (κ2) is 11.0. The fourth-order valence-electron chi connectivity index (χ4n) is 2.53. The molecule has 0 spiro atoms. The molecule has 2 aromatic rings. The predicted molar refractivity (Wildman–Crippen MR) is 111 cm³/mol. The highest BCUT2D eigenvalue weighted by Gasteiger charge is 2.09. The molecule has 0 fully saturated rings. The second-order valence-electron chi connectivity index (χ2n) is 6.21. The molecule has 2 rings (SSSR count). The van der Waals surface area contributed by atoms with Crippen LogP contribution in [0.1, 0.15) is 29.7 Å². The van der Waals surface area contributed by atoms with Gasteiger partial charge in [-0.05, 0) is 25.5 Å². The molecule has 1 unspecified atom stereocenters. The first-order chi connectivity index (χ1) is 13.1. The first-order valence-corrected chi connectivity index (χ1v) is 9.22.